The molecule has 0 aliphatic carbocycles. The summed E-state index contributed by atoms with van der Waals surface area (Å²) in [5.41, 5.74) is 6.28. The van der Waals surface area contributed by atoms with Gasteiger partial charge >= 0.3 is 0 Å². The summed E-state index contributed by atoms with van der Waals surface area (Å²) >= 11 is 0. The maximum atomic E-state index is 5.39. The first-order chi connectivity index (χ1) is 6.90. The molecular weight excluding hydrogens is 178 g/mol. The number of rotatable bonds is 3. The molecule has 2 rings (SSSR count). The molecule has 0 atom stereocenters. The quantitative estimate of drug-likeness (QED) is 0.730. The van der Waals surface area contributed by atoms with Crippen molar-refractivity contribution in [1.29, 1.82) is 0 Å². The zero-order valence-electron chi connectivity index (χ0n) is 7.64. The molecule has 0 fully saturated rings. The van der Waals surface area contributed by atoms with Crippen LogP contribution in [-0.2, 0) is 6.42 Å². The van der Waals surface area contributed by atoms with Crippen LogP contribution in [0.25, 0.3) is 11.4 Å². The predicted octanol–water partition coefficient (Wildman–Crippen LogP) is 0.368. The maximum Gasteiger partial charge on any atom is 0.140 e. The lowest BCUT2D eigenvalue weighted by Crippen LogP contribution is -2.06. The van der Waals surface area contributed by atoms with Crippen LogP contribution >= 0.6 is 0 Å². The normalized spacial score (nSPS) is 10.4. The largest absolute Gasteiger partial charge is 0.345 e. The van der Waals surface area contributed by atoms with E-state index in [1.54, 1.807) is 24.8 Å². The summed E-state index contributed by atoms with van der Waals surface area (Å²) in [6.45, 7) is 0.570. The number of nitrogens with zero attached hydrogens (tertiary/aromatic N) is 3. The van der Waals surface area contributed by atoms with Crippen LogP contribution in [0.15, 0.2) is 24.8 Å². The molecule has 3 N–H and O–H groups in total. The Labute approximate surface area is 81.4 Å². The molecule has 0 radical (unpaired) electrons. The Hall–Kier alpha value is -1.75. The van der Waals surface area contributed by atoms with Gasteiger partial charge in [0.15, 0.2) is 0 Å². The Balaban J connectivity index is 2.22. The van der Waals surface area contributed by atoms with E-state index in [1.165, 1.54) is 0 Å². The Morgan fingerprint density at radius 3 is 2.57 bits per heavy atom. The van der Waals surface area contributed by atoms with Crippen LogP contribution in [0, 0.1) is 0 Å². The second-order valence-electron chi connectivity index (χ2n) is 2.86. The lowest BCUT2D eigenvalue weighted by atomic mass is 10.3. The van der Waals surface area contributed by atoms with Crippen LogP contribution in [0.1, 0.15) is 5.82 Å². The van der Waals surface area contributed by atoms with E-state index >= 15 is 0 Å². The van der Waals surface area contributed by atoms with E-state index in [4.69, 9.17) is 5.73 Å². The first kappa shape index (κ1) is 8.83. The fourth-order valence-electron chi connectivity index (χ4n) is 1.16. The summed E-state index contributed by atoms with van der Waals surface area (Å²) in [5.74, 6) is 1.55. The highest BCUT2D eigenvalue weighted by Crippen LogP contribution is 2.10. The number of H-pyrrole nitrogens is 1. The summed E-state index contributed by atoms with van der Waals surface area (Å²) in [4.78, 5) is 15.4. The van der Waals surface area contributed by atoms with Gasteiger partial charge in [0, 0.05) is 31.2 Å². The van der Waals surface area contributed by atoms with Crippen molar-refractivity contribution < 1.29 is 0 Å². The number of imidazole rings is 1. The van der Waals surface area contributed by atoms with E-state index in [2.05, 4.69) is 19.9 Å². The molecule has 2 heterocycles. The Kier molecular flexibility index (Phi) is 2.51. The molecule has 5 nitrogen and oxygen atoms in total. The second kappa shape index (κ2) is 3.97. The second-order valence-corrected chi connectivity index (χ2v) is 2.86. The highest BCUT2D eigenvalue weighted by Gasteiger charge is 2.00. The van der Waals surface area contributed by atoms with Crippen LogP contribution in [0.4, 0.5) is 0 Å². The van der Waals surface area contributed by atoms with Gasteiger partial charge in [-0.05, 0) is 6.54 Å². The predicted molar refractivity (Wildman–Crippen MR) is 52.4 cm³/mol. The SMILES string of the molecule is NCCc1ncc(-c2ncc[nH]2)cn1. The van der Waals surface area contributed by atoms with Gasteiger partial charge in [-0.2, -0.15) is 0 Å². The summed E-state index contributed by atoms with van der Waals surface area (Å²) < 4.78 is 0. The molecule has 0 saturated heterocycles. The molecule has 2 aromatic heterocycles. The van der Waals surface area contributed by atoms with Crippen molar-refractivity contribution in [1.82, 2.24) is 19.9 Å². The Bertz CT molecular complexity index is 378. The molecule has 2 aromatic rings. The molecule has 0 aromatic carbocycles. The van der Waals surface area contributed by atoms with Crippen LogP contribution < -0.4 is 5.73 Å². The topological polar surface area (TPSA) is 80.5 Å². The number of hydrogen-bond donors (Lipinski definition) is 2. The summed E-state index contributed by atoms with van der Waals surface area (Å²) in [6, 6.07) is 0. The Morgan fingerprint density at radius 2 is 2.00 bits per heavy atom. The molecule has 0 saturated carbocycles. The maximum absolute atomic E-state index is 5.39. The van der Waals surface area contributed by atoms with Crippen molar-refractivity contribution >= 4 is 0 Å². The molecule has 0 spiro atoms. The summed E-state index contributed by atoms with van der Waals surface area (Å²) in [7, 11) is 0. The third-order valence-corrected chi connectivity index (χ3v) is 1.84. The molecule has 0 aliphatic heterocycles. The third-order valence-electron chi connectivity index (χ3n) is 1.84. The van der Waals surface area contributed by atoms with Gasteiger partial charge < -0.3 is 10.7 Å². The number of aromatic amines is 1. The standard InChI is InChI=1S/C9H11N5/c10-2-1-8-13-5-7(6-14-8)9-11-3-4-12-9/h3-6H,1-2,10H2,(H,11,12). The lowest BCUT2D eigenvalue weighted by Gasteiger charge is -1.98. The van der Waals surface area contributed by atoms with Gasteiger partial charge in [-0.15, -0.1) is 0 Å². The van der Waals surface area contributed by atoms with E-state index in [0.29, 0.717) is 13.0 Å². The van der Waals surface area contributed by atoms with Crippen LogP contribution in [-0.4, -0.2) is 26.5 Å². The molecule has 0 amide bonds. The molecule has 14 heavy (non-hydrogen) atoms. The molecule has 0 aliphatic rings. The first-order valence-corrected chi connectivity index (χ1v) is 4.41. The van der Waals surface area contributed by atoms with E-state index in [0.717, 1.165) is 17.2 Å². The minimum absolute atomic E-state index is 0.570. The first-order valence-electron chi connectivity index (χ1n) is 4.41. The van der Waals surface area contributed by atoms with Crippen molar-refractivity contribution in [3.05, 3.63) is 30.6 Å². The fourth-order valence-corrected chi connectivity index (χ4v) is 1.16. The third kappa shape index (κ3) is 1.77. The van der Waals surface area contributed by atoms with Crippen molar-refractivity contribution in [3.63, 3.8) is 0 Å². The zero-order valence-corrected chi connectivity index (χ0v) is 7.64. The van der Waals surface area contributed by atoms with Crippen molar-refractivity contribution in [3.8, 4) is 11.4 Å². The lowest BCUT2D eigenvalue weighted by molar-refractivity contribution is 0.867. The smallest absolute Gasteiger partial charge is 0.140 e. The minimum Gasteiger partial charge on any atom is -0.345 e. The summed E-state index contributed by atoms with van der Waals surface area (Å²) in [5, 5.41) is 0. The van der Waals surface area contributed by atoms with E-state index in [1.807, 2.05) is 0 Å². The molecule has 0 unspecified atom stereocenters. The van der Waals surface area contributed by atoms with Gasteiger partial charge in [-0.25, -0.2) is 15.0 Å². The fraction of sp³-hybridized carbons (Fsp3) is 0.222. The van der Waals surface area contributed by atoms with Gasteiger partial charge in [0.25, 0.3) is 0 Å². The Morgan fingerprint density at radius 1 is 1.21 bits per heavy atom. The van der Waals surface area contributed by atoms with Gasteiger partial charge in [0.1, 0.15) is 11.6 Å². The van der Waals surface area contributed by atoms with Gasteiger partial charge in [-0.3, -0.25) is 0 Å². The number of hydrogen-bond acceptors (Lipinski definition) is 4. The average Bonchev–Trinajstić information content (AvgIpc) is 2.72. The average molecular weight is 189 g/mol. The molecule has 5 heteroatoms. The molecule has 72 valence electrons. The van der Waals surface area contributed by atoms with E-state index in [9.17, 15) is 0 Å². The minimum atomic E-state index is 0.570. The number of aromatic nitrogens is 4. The van der Waals surface area contributed by atoms with Crippen molar-refractivity contribution in [2.45, 2.75) is 6.42 Å². The van der Waals surface area contributed by atoms with Gasteiger partial charge in [-0.1, -0.05) is 0 Å². The summed E-state index contributed by atoms with van der Waals surface area (Å²) in [6.07, 6.45) is 7.67. The van der Waals surface area contributed by atoms with Crippen LogP contribution in [0.5, 0.6) is 0 Å². The number of nitrogens with one attached hydrogen (secondary N) is 1. The van der Waals surface area contributed by atoms with Crippen LogP contribution in [0.2, 0.25) is 0 Å². The van der Waals surface area contributed by atoms with Gasteiger partial charge in [0.2, 0.25) is 0 Å². The molecule has 0 bridgehead atoms. The van der Waals surface area contributed by atoms with Crippen molar-refractivity contribution in [2.75, 3.05) is 6.54 Å². The highest BCUT2D eigenvalue weighted by atomic mass is 14.9. The number of nitrogens with two attached hydrogens (primary N) is 1. The van der Waals surface area contributed by atoms with Crippen LogP contribution in [0.3, 0.4) is 0 Å². The van der Waals surface area contributed by atoms with Crippen molar-refractivity contribution in [2.24, 2.45) is 5.73 Å². The van der Waals surface area contributed by atoms with E-state index < -0.39 is 0 Å². The highest BCUT2D eigenvalue weighted by molar-refractivity contribution is 5.51. The monoisotopic (exact) mass is 189 g/mol. The van der Waals surface area contributed by atoms with E-state index in [-0.39, 0.29) is 0 Å². The zero-order chi connectivity index (χ0) is 9.80. The van der Waals surface area contributed by atoms with Gasteiger partial charge in [0.05, 0.1) is 5.56 Å². The molecular formula is C9H11N5.